The number of alkyl halides is 3. The second-order valence-electron chi connectivity index (χ2n) is 6.32. The number of hydrogen-bond acceptors (Lipinski definition) is 5. The van der Waals surface area contributed by atoms with Gasteiger partial charge >= 0.3 is 6.18 Å². The molecule has 0 atom stereocenters. The van der Waals surface area contributed by atoms with Crippen LogP contribution >= 0.6 is 11.3 Å². The second-order valence-corrected chi connectivity index (χ2v) is 7.33. The van der Waals surface area contributed by atoms with E-state index in [1.807, 2.05) is 35.2 Å². The van der Waals surface area contributed by atoms with Gasteiger partial charge in [-0.25, -0.2) is 4.98 Å². The van der Waals surface area contributed by atoms with Gasteiger partial charge in [0.15, 0.2) is 5.13 Å². The lowest BCUT2D eigenvalue weighted by Gasteiger charge is -2.23. The van der Waals surface area contributed by atoms with Crippen LogP contribution in [-0.2, 0) is 12.7 Å². The standard InChI is InChI=1S/C21H16F3N3OS/c1-28-17-4-2-3-16(11-17)27(20-26-18-12-25-10-9-19(18)29-20)13-14-5-7-15(8-6-14)21(22,23)24/h2-12H,13H2,1H3. The van der Waals surface area contributed by atoms with E-state index in [2.05, 4.69) is 9.97 Å². The van der Waals surface area contributed by atoms with E-state index in [0.717, 1.165) is 38.7 Å². The topological polar surface area (TPSA) is 38.2 Å². The molecule has 0 bridgehead atoms. The third kappa shape index (κ3) is 4.17. The molecule has 4 rings (SSSR count). The minimum atomic E-state index is -4.36. The maximum absolute atomic E-state index is 12.9. The Balaban J connectivity index is 1.73. The third-order valence-corrected chi connectivity index (χ3v) is 5.46. The summed E-state index contributed by atoms with van der Waals surface area (Å²) in [5, 5.41) is 0.723. The lowest BCUT2D eigenvalue weighted by molar-refractivity contribution is -0.137. The summed E-state index contributed by atoms with van der Waals surface area (Å²) >= 11 is 1.49. The number of pyridine rings is 1. The van der Waals surface area contributed by atoms with Crippen LogP contribution < -0.4 is 9.64 Å². The highest BCUT2D eigenvalue weighted by molar-refractivity contribution is 7.22. The van der Waals surface area contributed by atoms with Gasteiger partial charge in [-0.05, 0) is 35.9 Å². The molecule has 4 aromatic rings. The lowest BCUT2D eigenvalue weighted by Crippen LogP contribution is -2.16. The van der Waals surface area contributed by atoms with E-state index < -0.39 is 11.7 Å². The van der Waals surface area contributed by atoms with Gasteiger partial charge in [-0.3, -0.25) is 4.98 Å². The smallest absolute Gasteiger partial charge is 0.416 e. The summed E-state index contributed by atoms with van der Waals surface area (Å²) in [6.07, 6.45) is -0.960. The first-order chi connectivity index (χ1) is 13.9. The molecule has 0 N–H and O–H groups in total. The van der Waals surface area contributed by atoms with Crippen LogP contribution in [0.2, 0.25) is 0 Å². The molecule has 0 saturated heterocycles. The molecule has 0 aliphatic rings. The molecule has 0 aliphatic heterocycles. The first-order valence-corrected chi connectivity index (χ1v) is 9.54. The fourth-order valence-electron chi connectivity index (χ4n) is 2.91. The van der Waals surface area contributed by atoms with Crippen molar-refractivity contribution in [3.05, 3.63) is 78.1 Å². The summed E-state index contributed by atoms with van der Waals surface area (Å²) < 4.78 is 44.9. The van der Waals surface area contributed by atoms with Crippen LogP contribution in [0.5, 0.6) is 5.75 Å². The van der Waals surface area contributed by atoms with Crippen LogP contribution in [0.15, 0.2) is 67.0 Å². The summed E-state index contributed by atoms with van der Waals surface area (Å²) in [5.74, 6) is 0.683. The molecule has 0 radical (unpaired) electrons. The number of hydrogen-bond donors (Lipinski definition) is 0. The Kier molecular flexibility index (Phi) is 5.10. The normalized spacial score (nSPS) is 11.6. The van der Waals surface area contributed by atoms with Gasteiger partial charge in [-0.1, -0.05) is 29.5 Å². The summed E-state index contributed by atoms with van der Waals surface area (Å²) in [7, 11) is 1.59. The van der Waals surface area contributed by atoms with E-state index in [1.54, 1.807) is 19.5 Å². The quantitative estimate of drug-likeness (QED) is 0.397. The number of nitrogens with zero attached hydrogens (tertiary/aromatic N) is 3. The van der Waals surface area contributed by atoms with Crippen molar-refractivity contribution in [2.24, 2.45) is 0 Å². The van der Waals surface area contributed by atoms with E-state index in [1.165, 1.54) is 23.5 Å². The zero-order chi connectivity index (χ0) is 20.4. The van der Waals surface area contributed by atoms with Gasteiger partial charge in [-0.2, -0.15) is 13.2 Å². The van der Waals surface area contributed by atoms with E-state index in [4.69, 9.17) is 4.74 Å². The van der Waals surface area contributed by atoms with Gasteiger partial charge in [0.25, 0.3) is 0 Å². The highest BCUT2D eigenvalue weighted by atomic mass is 32.1. The molecule has 148 valence electrons. The molecular weight excluding hydrogens is 399 g/mol. The number of rotatable bonds is 5. The van der Waals surface area contributed by atoms with Gasteiger partial charge in [0.1, 0.15) is 11.3 Å². The Morgan fingerprint density at radius 2 is 1.86 bits per heavy atom. The number of halogens is 3. The van der Waals surface area contributed by atoms with E-state index >= 15 is 0 Å². The summed E-state index contributed by atoms with van der Waals surface area (Å²) in [4.78, 5) is 10.7. The number of thiazole rings is 1. The molecule has 2 aromatic carbocycles. The first-order valence-electron chi connectivity index (χ1n) is 8.72. The minimum Gasteiger partial charge on any atom is -0.497 e. The van der Waals surface area contributed by atoms with E-state index in [9.17, 15) is 13.2 Å². The van der Waals surface area contributed by atoms with Crippen molar-refractivity contribution >= 4 is 32.4 Å². The Morgan fingerprint density at radius 3 is 2.55 bits per heavy atom. The second kappa shape index (κ2) is 7.71. The molecule has 2 aromatic heterocycles. The largest absolute Gasteiger partial charge is 0.497 e. The van der Waals surface area contributed by atoms with Crippen molar-refractivity contribution in [2.45, 2.75) is 12.7 Å². The summed E-state index contributed by atoms with van der Waals surface area (Å²) in [5.41, 5.74) is 1.67. The molecule has 0 fully saturated rings. The van der Waals surface area contributed by atoms with Crippen LogP contribution in [0.3, 0.4) is 0 Å². The maximum atomic E-state index is 12.9. The lowest BCUT2D eigenvalue weighted by atomic mass is 10.1. The van der Waals surface area contributed by atoms with Crippen LogP contribution in [0.25, 0.3) is 10.2 Å². The van der Waals surface area contributed by atoms with Gasteiger partial charge in [-0.15, -0.1) is 0 Å². The molecule has 0 aliphatic carbocycles. The Labute approximate surface area is 169 Å². The molecule has 8 heteroatoms. The Morgan fingerprint density at radius 1 is 1.07 bits per heavy atom. The molecule has 0 unspecified atom stereocenters. The van der Waals surface area contributed by atoms with Crippen molar-refractivity contribution in [1.29, 1.82) is 0 Å². The first kappa shape index (κ1) is 19.2. The maximum Gasteiger partial charge on any atom is 0.416 e. The van der Waals surface area contributed by atoms with Gasteiger partial charge in [0, 0.05) is 18.0 Å². The third-order valence-electron chi connectivity index (χ3n) is 4.40. The zero-order valence-electron chi connectivity index (χ0n) is 15.3. The van der Waals surface area contributed by atoms with E-state index in [-0.39, 0.29) is 0 Å². The van der Waals surface area contributed by atoms with Crippen LogP contribution in [0, 0.1) is 0 Å². The average molecular weight is 415 g/mol. The fraction of sp³-hybridized carbons (Fsp3) is 0.143. The average Bonchev–Trinajstić information content (AvgIpc) is 3.15. The van der Waals surface area contributed by atoms with Crippen molar-refractivity contribution in [1.82, 2.24) is 9.97 Å². The van der Waals surface area contributed by atoms with Gasteiger partial charge in [0.2, 0.25) is 0 Å². The molecule has 0 saturated carbocycles. The monoisotopic (exact) mass is 415 g/mol. The predicted octanol–water partition coefficient (Wildman–Crippen LogP) is 6.06. The van der Waals surface area contributed by atoms with Crippen molar-refractivity contribution in [3.8, 4) is 5.75 Å². The minimum absolute atomic E-state index is 0.360. The fourth-order valence-corrected chi connectivity index (χ4v) is 3.87. The number of methoxy groups -OCH3 is 1. The van der Waals surface area contributed by atoms with Gasteiger partial charge < -0.3 is 9.64 Å². The molecule has 0 amide bonds. The predicted molar refractivity (Wildman–Crippen MR) is 108 cm³/mol. The van der Waals surface area contributed by atoms with Crippen molar-refractivity contribution in [3.63, 3.8) is 0 Å². The highest BCUT2D eigenvalue weighted by Crippen LogP contribution is 2.36. The van der Waals surface area contributed by atoms with Crippen LogP contribution in [-0.4, -0.2) is 17.1 Å². The number of fused-ring (bicyclic) bond motifs is 1. The van der Waals surface area contributed by atoms with Gasteiger partial charge in [0.05, 0.1) is 30.1 Å². The number of benzene rings is 2. The molecule has 4 nitrogen and oxygen atoms in total. The highest BCUT2D eigenvalue weighted by Gasteiger charge is 2.30. The molecule has 29 heavy (non-hydrogen) atoms. The van der Waals surface area contributed by atoms with Crippen LogP contribution in [0.1, 0.15) is 11.1 Å². The van der Waals surface area contributed by atoms with Crippen molar-refractivity contribution < 1.29 is 17.9 Å². The number of aromatic nitrogens is 2. The summed E-state index contributed by atoms with van der Waals surface area (Å²) in [6, 6.07) is 14.5. The van der Waals surface area contributed by atoms with Crippen LogP contribution in [0.4, 0.5) is 24.0 Å². The number of ether oxygens (including phenoxy) is 1. The molecule has 0 spiro atoms. The van der Waals surface area contributed by atoms with E-state index in [0.29, 0.717) is 12.3 Å². The Hall–Kier alpha value is -3.13. The SMILES string of the molecule is COc1cccc(N(Cc2ccc(C(F)(F)F)cc2)c2nc3cnccc3s2)c1. The molecule has 2 heterocycles. The number of anilines is 2. The molecular formula is C21H16F3N3OS. The Bertz CT molecular complexity index is 1090. The zero-order valence-corrected chi connectivity index (χ0v) is 16.2. The van der Waals surface area contributed by atoms with Crippen molar-refractivity contribution in [2.75, 3.05) is 12.0 Å². The summed E-state index contributed by atoms with van der Waals surface area (Å²) in [6.45, 7) is 0.360.